The molecule has 8 nitrogen and oxygen atoms in total. The lowest BCUT2D eigenvalue weighted by molar-refractivity contribution is 0.0992. The minimum Gasteiger partial charge on any atom is -0.486 e. The molecular weight excluding hydrogens is 434 g/mol. The number of aromatic nitrogens is 2. The van der Waals surface area contributed by atoms with Crippen LogP contribution in [0, 0.1) is 0 Å². The summed E-state index contributed by atoms with van der Waals surface area (Å²) in [7, 11) is 0. The molecule has 4 aromatic rings. The molecule has 1 N–H and O–H groups in total. The van der Waals surface area contributed by atoms with Crippen LogP contribution in [0.1, 0.15) is 21.9 Å². The average Bonchev–Trinajstić information content (AvgIpc) is 3.54. The molecule has 1 aliphatic rings. The Morgan fingerprint density at radius 1 is 1.12 bits per heavy atom. The van der Waals surface area contributed by atoms with Gasteiger partial charge in [-0.2, -0.15) is 5.10 Å². The van der Waals surface area contributed by atoms with Crippen LogP contribution in [-0.4, -0.2) is 22.5 Å². The Labute approximate surface area is 188 Å². The van der Waals surface area contributed by atoms with E-state index in [1.165, 1.54) is 0 Å². The summed E-state index contributed by atoms with van der Waals surface area (Å²) >= 11 is 6.19. The van der Waals surface area contributed by atoms with E-state index in [-0.39, 0.29) is 25.1 Å². The monoisotopic (exact) mass is 451 g/mol. The van der Waals surface area contributed by atoms with E-state index >= 15 is 0 Å². The number of fused-ring (bicyclic) bond motifs is 1. The minimum absolute atomic E-state index is 0.169. The summed E-state index contributed by atoms with van der Waals surface area (Å²) in [5.74, 6) is 2.25. The number of ether oxygens (including phenoxy) is 3. The highest BCUT2D eigenvalue weighted by molar-refractivity contribution is 6.31. The molecule has 32 heavy (non-hydrogen) atoms. The molecule has 0 aliphatic carbocycles. The Bertz CT molecular complexity index is 1270. The fourth-order valence-corrected chi connectivity index (χ4v) is 3.40. The van der Waals surface area contributed by atoms with Crippen molar-refractivity contribution < 1.29 is 23.4 Å². The van der Waals surface area contributed by atoms with E-state index in [0.717, 1.165) is 5.56 Å². The van der Waals surface area contributed by atoms with Crippen LogP contribution in [0.2, 0.25) is 5.02 Å². The standard InChI is InChI=1S/C23H18ClN3O5/c24-19-4-2-1-3-15(19)11-27-12-16(10-25-27)26-23(28)21-8-6-18(32-21)13-29-17-5-7-20-22(9-17)31-14-30-20/h1-10,12H,11,13-14H2,(H,26,28). The van der Waals surface area contributed by atoms with Crippen molar-refractivity contribution in [1.29, 1.82) is 0 Å². The van der Waals surface area contributed by atoms with Gasteiger partial charge in [-0.15, -0.1) is 0 Å². The lowest BCUT2D eigenvalue weighted by Gasteiger charge is -2.05. The van der Waals surface area contributed by atoms with Crippen LogP contribution < -0.4 is 19.5 Å². The number of nitrogens with one attached hydrogen (secondary N) is 1. The van der Waals surface area contributed by atoms with Gasteiger partial charge in [0.2, 0.25) is 6.79 Å². The minimum atomic E-state index is -0.378. The number of benzene rings is 2. The molecule has 0 saturated carbocycles. The summed E-state index contributed by atoms with van der Waals surface area (Å²) in [6.07, 6.45) is 3.30. The van der Waals surface area contributed by atoms with Gasteiger partial charge < -0.3 is 23.9 Å². The molecule has 1 aliphatic heterocycles. The van der Waals surface area contributed by atoms with E-state index in [0.29, 0.717) is 40.3 Å². The smallest absolute Gasteiger partial charge is 0.291 e. The number of carbonyl (C=O) groups is 1. The zero-order chi connectivity index (χ0) is 21.9. The Balaban J connectivity index is 1.17. The number of hydrogen-bond donors (Lipinski definition) is 1. The van der Waals surface area contributed by atoms with Gasteiger partial charge in [-0.05, 0) is 35.9 Å². The molecule has 2 aromatic carbocycles. The lowest BCUT2D eigenvalue weighted by Crippen LogP contribution is -2.10. The largest absolute Gasteiger partial charge is 0.486 e. The average molecular weight is 452 g/mol. The number of halogens is 1. The third-order valence-corrected chi connectivity index (χ3v) is 5.16. The van der Waals surface area contributed by atoms with Gasteiger partial charge in [-0.25, -0.2) is 0 Å². The second kappa shape index (κ2) is 8.68. The van der Waals surface area contributed by atoms with Crippen LogP contribution in [0.5, 0.6) is 17.2 Å². The Hall–Kier alpha value is -3.91. The van der Waals surface area contributed by atoms with E-state index in [9.17, 15) is 4.79 Å². The first-order chi connectivity index (χ1) is 15.6. The topological polar surface area (TPSA) is 87.8 Å². The zero-order valence-electron chi connectivity index (χ0n) is 16.8. The van der Waals surface area contributed by atoms with Crippen molar-refractivity contribution in [2.24, 2.45) is 0 Å². The molecule has 5 rings (SSSR count). The summed E-state index contributed by atoms with van der Waals surface area (Å²) in [5.41, 5.74) is 1.49. The van der Waals surface area contributed by atoms with Gasteiger partial charge in [-0.3, -0.25) is 9.48 Å². The molecule has 0 unspecified atom stereocenters. The number of rotatable bonds is 7. The second-order valence-corrected chi connectivity index (χ2v) is 7.45. The molecule has 9 heteroatoms. The molecule has 0 bridgehead atoms. The van der Waals surface area contributed by atoms with Gasteiger partial charge in [0.25, 0.3) is 5.91 Å². The van der Waals surface area contributed by atoms with Crippen LogP contribution >= 0.6 is 11.6 Å². The number of amides is 1. The summed E-state index contributed by atoms with van der Waals surface area (Å²) < 4.78 is 23.6. The summed E-state index contributed by atoms with van der Waals surface area (Å²) in [6.45, 7) is 0.870. The van der Waals surface area contributed by atoms with Crippen molar-refractivity contribution in [2.45, 2.75) is 13.2 Å². The van der Waals surface area contributed by atoms with Crippen molar-refractivity contribution in [3.05, 3.63) is 89.1 Å². The van der Waals surface area contributed by atoms with Gasteiger partial charge in [-0.1, -0.05) is 29.8 Å². The molecule has 0 saturated heterocycles. The van der Waals surface area contributed by atoms with E-state index in [4.69, 9.17) is 30.2 Å². The summed E-state index contributed by atoms with van der Waals surface area (Å²) in [4.78, 5) is 12.5. The molecule has 1 amide bonds. The van der Waals surface area contributed by atoms with Gasteiger partial charge in [0.05, 0.1) is 18.4 Å². The fourth-order valence-electron chi connectivity index (χ4n) is 3.21. The summed E-state index contributed by atoms with van der Waals surface area (Å²) in [5, 5.41) is 7.71. The van der Waals surface area contributed by atoms with E-state index in [1.807, 2.05) is 24.3 Å². The van der Waals surface area contributed by atoms with Crippen LogP contribution in [-0.2, 0) is 13.2 Å². The van der Waals surface area contributed by atoms with Crippen LogP contribution in [0.4, 0.5) is 5.69 Å². The second-order valence-electron chi connectivity index (χ2n) is 7.04. The zero-order valence-corrected chi connectivity index (χ0v) is 17.5. The maximum Gasteiger partial charge on any atom is 0.291 e. The molecule has 0 spiro atoms. The summed E-state index contributed by atoms with van der Waals surface area (Å²) in [6, 6.07) is 16.2. The van der Waals surface area contributed by atoms with Crippen molar-refractivity contribution in [3.8, 4) is 17.2 Å². The van der Waals surface area contributed by atoms with Gasteiger partial charge in [0, 0.05) is 17.3 Å². The van der Waals surface area contributed by atoms with Crippen molar-refractivity contribution in [3.63, 3.8) is 0 Å². The maximum atomic E-state index is 12.5. The van der Waals surface area contributed by atoms with Crippen LogP contribution in [0.25, 0.3) is 0 Å². The van der Waals surface area contributed by atoms with Gasteiger partial charge in [0.15, 0.2) is 17.3 Å². The lowest BCUT2D eigenvalue weighted by atomic mass is 10.2. The number of carbonyl (C=O) groups excluding carboxylic acids is 1. The van der Waals surface area contributed by atoms with E-state index < -0.39 is 0 Å². The number of furan rings is 1. The Morgan fingerprint density at radius 3 is 2.91 bits per heavy atom. The van der Waals surface area contributed by atoms with Crippen molar-refractivity contribution in [1.82, 2.24) is 9.78 Å². The highest BCUT2D eigenvalue weighted by atomic mass is 35.5. The third-order valence-electron chi connectivity index (χ3n) is 4.79. The van der Waals surface area contributed by atoms with Gasteiger partial charge >= 0.3 is 0 Å². The van der Waals surface area contributed by atoms with Gasteiger partial charge in [0.1, 0.15) is 18.1 Å². The first-order valence-electron chi connectivity index (χ1n) is 9.82. The molecule has 0 atom stereocenters. The molecule has 2 aromatic heterocycles. The predicted octanol–water partition coefficient (Wildman–Crippen LogP) is 4.74. The quantitative estimate of drug-likeness (QED) is 0.436. The first kappa shape index (κ1) is 20.0. The normalized spacial score (nSPS) is 12.0. The number of nitrogens with zero attached hydrogens (tertiary/aromatic N) is 2. The van der Waals surface area contributed by atoms with Crippen LogP contribution in [0.15, 0.2) is 71.4 Å². The molecule has 162 valence electrons. The highest BCUT2D eigenvalue weighted by Gasteiger charge is 2.15. The Kier molecular flexibility index (Phi) is 5.43. The predicted molar refractivity (Wildman–Crippen MR) is 116 cm³/mol. The maximum absolute atomic E-state index is 12.5. The fraction of sp³-hybridized carbons (Fsp3) is 0.130. The number of anilines is 1. The molecule has 0 fully saturated rings. The molecule has 3 heterocycles. The van der Waals surface area contributed by atoms with Crippen molar-refractivity contribution in [2.75, 3.05) is 12.1 Å². The van der Waals surface area contributed by atoms with Crippen LogP contribution in [0.3, 0.4) is 0 Å². The Morgan fingerprint density at radius 2 is 2.00 bits per heavy atom. The SMILES string of the molecule is O=C(Nc1cnn(Cc2ccccc2Cl)c1)c1ccc(COc2ccc3c(c2)OCO3)o1. The van der Waals surface area contributed by atoms with E-state index in [2.05, 4.69) is 10.4 Å². The molecular formula is C23H18ClN3O5. The van der Waals surface area contributed by atoms with E-state index in [1.54, 1.807) is 47.4 Å². The third kappa shape index (κ3) is 4.40. The van der Waals surface area contributed by atoms with Crippen molar-refractivity contribution >= 4 is 23.2 Å². The highest BCUT2D eigenvalue weighted by Crippen LogP contribution is 2.35. The number of hydrogen-bond acceptors (Lipinski definition) is 6. The first-order valence-corrected chi connectivity index (χ1v) is 10.2. The molecule has 0 radical (unpaired) electrons.